The SMILES string of the molecule is COCc1c(C(=O)Nc2cc(NC(=O)c3ccccc3)ccc2C)sc2cccc(F)c12. The van der Waals surface area contributed by atoms with E-state index in [2.05, 4.69) is 10.6 Å². The second-order valence-electron chi connectivity index (χ2n) is 7.26. The Bertz CT molecular complexity index is 1300. The summed E-state index contributed by atoms with van der Waals surface area (Å²) in [4.78, 5) is 26.0. The van der Waals surface area contributed by atoms with Crippen LogP contribution in [0.1, 0.15) is 31.2 Å². The molecule has 2 amide bonds. The number of aryl methyl sites for hydroxylation is 1. The number of ether oxygens (including phenoxy) is 1. The number of carbonyl (C=O) groups is 2. The van der Waals surface area contributed by atoms with Crippen molar-refractivity contribution in [3.05, 3.63) is 94.1 Å². The normalized spacial score (nSPS) is 10.8. The summed E-state index contributed by atoms with van der Waals surface area (Å²) < 4.78 is 20.3. The highest BCUT2D eigenvalue weighted by atomic mass is 32.1. The maximum atomic E-state index is 14.4. The van der Waals surface area contributed by atoms with Gasteiger partial charge in [-0.3, -0.25) is 9.59 Å². The second-order valence-corrected chi connectivity index (χ2v) is 8.31. The van der Waals surface area contributed by atoms with Crippen molar-refractivity contribution in [3.8, 4) is 0 Å². The predicted octanol–water partition coefficient (Wildman–Crippen LogP) is 6.00. The van der Waals surface area contributed by atoms with Gasteiger partial charge in [0, 0.05) is 39.7 Å². The van der Waals surface area contributed by atoms with Gasteiger partial charge in [-0.15, -0.1) is 11.3 Å². The number of carbonyl (C=O) groups excluding carboxylic acids is 2. The summed E-state index contributed by atoms with van der Waals surface area (Å²) in [5, 5.41) is 6.15. The first kappa shape index (κ1) is 21.7. The van der Waals surface area contributed by atoms with E-state index >= 15 is 0 Å². The monoisotopic (exact) mass is 448 g/mol. The lowest BCUT2D eigenvalue weighted by Crippen LogP contribution is -2.15. The largest absolute Gasteiger partial charge is 0.380 e. The fourth-order valence-electron chi connectivity index (χ4n) is 3.44. The van der Waals surface area contributed by atoms with Gasteiger partial charge in [-0.2, -0.15) is 0 Å². The molecule has 5 nitrogen and oxygen atoms in total. The molecule has 0 unspecified atom stereocenters. The Hall–Kier alpha value is -3.55. The van der Waals surface area contributed by atoms with Crippen molar-refractivity contribution in [1.82, 2.24) is 0 Å². The Morgan fingerprint density at radius 3 is 2.50 bits per heavy atom. The molecule has 0 aliphatic heterocycles. The van der Waals surface area contributed by atoms with E-state index in [4.69, 9.17) is 4.74 Å². The number of fused-ring (bicyclic) bond motifs is 1. The number of amides is 2. The molecule has 3 aromatic carbocycles. The van der Waals surface area contributed by atoms with Gasteiger partial charge in [0.15, 0.2) is 0 Å². The van der Waals surface area contributed by atoms with Crippen LogP contribution >= 0.6 is 11.3 Å². The molecule has 1 aromatic heterocycles. The molecule has 4 aromatic rings. The number of benzene rings is 3. The van der Waals surface area contributed by atoms with Crippen LogP contribution in [0.2, 0.25) is 0 Å². The van der Waals surface area contributed by atoms with Crippen LogP contribution in [0.5, 0.6) is 0 Å². The highest BCUT2D eigenvalue weighted by molar-refractivity contribution is 7.21. The van der Waals surface area contributed by atoms with Gasteiger partial charge >= 0.3 is 0 Å². The molecule has 0 saturated carbocycles. The smallest absolute Gasteiger partial charge is 0.266 e. The van der Waals surface area contributed by atoms with Crippen LogP contribution in [0.15, 0.2) is 66.7 Å². The minimum Gasteiger partial charge on any atom is -0.380 e. The van der Waals surface area contributed by atoms with Crippen molar-refractivity contribution in [1.29, 1.82) is 0 Å². The number of hydrogen-bond donors (Lipinski definition) is 2. The van der Waals surface area contributed by atoms with Crippen LogP contribution in [-0.4, -0.2) is 18.9 Å². The van der Waals surface area contributed by atoms with Crippen molar-refractivity contribution in [2.24, 2.45) is 0 Å². The van der Waals surface area contributed by atoms with Crippen molar-refractivity contribution in [2.45, 2.75) is 13.5 Å². The van der Waals surface area contributed by atoms with Crippen molar-refractivity contribution in [2.75, 3.05) is 17.7 Å². The van der Waals surface area contributed by atoms with E-state index in [1.54, 1.807) is 48.5 Å². The van der Waals surface area contributed by atoms with Crippen LogP contribution in [0, 0.1) is 12.7 Å². The first-order valence-electron chi connectivity index (χ1n) is 9.95. The molecule has 0 aliphatic carbocycles. The molecule has 2 N–H and O–H groups in total. The molecular formula is C25H21FN2O3S. The maximum absolute atomic E-state index is 14.4. The van der Waals surface area contributed by atoms with Gasteiger partial charge in [0.1, 0.15) is 5.82 Å². The standard InChI is InChI=1S/C25H21FN2O3S/c1-15-11-12-17(27-24(29)16-7-4-3-5-8-16)13-20(15)28-25(30)23-18(14-31-2)22-19(26)9-6-10-21(22)32-23/h3-13H,14H2,1-2H3,(H,27,29)(H,28,30). The predicted molar refractivity (Wildman–Crippen MR) is 126 cm³/mol. The van der Waals surface area contributed by atoms with Crippen molar-refractivity contribution >= 4 is 44.6 Å². The van der Waals surface area contributed by atoms with E-state index < -0.39 is 0 Å². The quantitative estimate of drug-likeness (QED) is 0.380. The van der Waals surface area contributed by atoms with Crippen molar-refractivity contribution < 1.29 is 18.7 Å². The molecule has 7 heteroatoms. The summed E-state index contributed by atoms with van der Waals surface area (Å²) in [6.07, 6.45) is 0. The van der Waals surface area contributed by atoms with Crippen LogP contribution in [-0.2, 0) is 11.3 Å². The summed E-state index contributed by atoms with van der Waals surface area (Å²) in [7, 11) is 1.51. The number of halogens is 1. The molecule has 0 spiro atoms. The van der Waals surface area contributed by atoms with E-state index in [1.807, 2.05) is 19.1 Å². The molecule has 32 heavy (non-hydrogen) atoms. The topological polar surface area (TPSA) is 67.4 Å². The minimum atomic E-state index is -0.383. The molecule has 0 saturated heterocycles. The number of nitrogens with one attached hydrogen (secondary N) is 2. The highest BCUT2D eigenvalue weighted by Crippen LogP contribution is 2.34. The average Bonchev–Trinajstić information content (AvgIpc) is 3.17. The zero-order valence-electron chi connectivity index (χ0n) is 17.6. The average molecular weight is 449 g/mol. The van der Waals surface area contributed by atoms with E-state index in [0.29, 0.717) is 37.5 Å². The van der Waals surface area contributed by atoms with Crippen LogP contribution < -0.4 is 10.6 Å². The molecule has 0 fully saturated rings. The van der Waals surface area contributed by atoms with Crippen LogP contribution in [0.25, 0.3) is 10.1 Å². The lowest BCUT2D eigenvalue weighted by Gasteiger charge is -2.12. The summed E-state index contributed by atoms with van der Waals surface area (Å²) in [6, 6.07) is 19.0. The number of hydrogen-bond acceptors (Lipinski definition) is 4. The molecular weight excluding hydrogens is 427 g/mol. The summed E-state index contributed by atoms with van der Waals surface area (Å²) in [5.74, 6) is -0.979. The van der Waals surface area contributed by atoms with Gasteiger partial charge < -0.3 is 15.4 Å². The van der Waals surface area contributed by atoms with Gasteiger partial charge in [0.05, 0.1) is 11.5 Å². The fourth-order valence-corrected chi connectivity index (χ4v) is 4.56. The summed E-state index contributed by atoms with van der Waals surface area (Å²) in [6.45, 7) is 1.98. The molecule has 162 valence electrons. The Balaban J connectivity index is 1.61. The first-order chi connectivity index (χ1) is 15.5. The maximum Gasteiger partial charge on any atom is 0.266 e. The first-order valence-corrected chi connectivity index (χ1v) is 10.8. The van der Waals surface area contributed by atoms with Gasteiger partial charge in [-0.05, 0) is 48.9 Å². The Morgan fingerprint density at radius 1 is 0.969 bits per heavy atom. The summed E-state index contributed by atoms with van der Waals surface area (Å²) >= 11 is 1.22. The fraction of sp³-hybridized carbons (Fsp3) is 0.120. The molecule has 0 radical (unpaired) electrons. The van der Waals surface area contributed by atoms with E-state index in [9.17, 15) is 14.0 Å². The number of methoxy groups -OCH3 is 1. The Labute approximate surface area is 188 Å². The molecule has 0 atom stereocenters. The van der Waals surface area contributed by atoms with Gasteiger partial charge in [-0.25, -0.2) is 4.39 Å². The second kappa shape index (κ2) is 9.30. The van der Waals surface area contributed by atoms with E-state index in [1.165, 1.54) is 24.5 Å². The Kier molecular flexibility index (Phi) is 6.30. The lowest BCUT2D eigenvalue weighted by atomic mass is 10.1. The number of anilines is 2. The number of rotatable bonds is 6. The minimum absolute atomic E-state index is 0.121. The third-order valence-electron chi connectivity index (χ3n) is 5.04. The van der Waals surface area contributed by atoms with Crippen molar-refractivity contribution in [3.63, 3.8) is 0 Å². The van der Waals surface area contributed by atoms with Gasteiger partial charge in [-0.1, -0.05) is 30.3 Å². The lowest BCUT2D eigenvalue weighted by molar-refractivity contribution is 0.101. The zero-order chi connectivity index (χ0) is 22.7. The van der Waals surface area contributed by atoms with Gasteiger partial charge in [0.25, 0.3) is 11.8 Å². The third-order valence-corrected chi connectivity index (χ3v) is 6.23. The van der Waals surface area contributed by atoms with Crippen LogP contribution in [0.4, 0.5) is 15.8 Å². The Morgan fingerprint density at radius 2 is 1.75 bits per heavy atom. The molecule has 0 bridgehead atoms. The van der Waals surface area contributed by atoms with Gasteiger partial charge in [0.2, 0.25) is 0 Å². The molecule has 0 aliphatic rings. The molecule has 4 rings (SSSR count). The number of thiophene rings is 1. The third kappa shape index (κ3) is 4.39. The van der Waals surface area contributed by atoms with Crippen LogP contribution in [0.3, 0.4) is 0 Å². The highest BCUT2D eigenvalue weighted by Gasteiger charge is 2.21. The molecule has 1 heterocycles. The zero-order valence-corrected chi connectivity index (χ0v) is 18.4. The van der Waals surface area contributed by atoms with E-state index in [0.717, 1.165) is 5.56 Å². The van der Waals surface area contributed by atoms with E-state index in [-0.39, 0.29) is 24.2 Å². The summed E-state index contributed by atoms with van der Waals surface area (Å²) in [5.41, 5.74) is 3.00.